The molecule has 0 saturated heterocycles. The van der Waals surface area contributed by atoms with E-state index in [1.165, 1.54) is 5.56 Å². The van der Waals surface area contributed by atoms with Crippen LogP contribution in [0.3, 0.4) is 0 Å². The lowest BCUT2D eigenvalue weighted by Crippen LogP contribution is -1.96. The van der Waals surface area contributed by atoms with Gasteiger partial charge in [-0.2, -0.15) is 0 Å². The molecule has 0 saturated carbocycles. The molecule has 0 bridgehead atoms. The Kier molecular flexibility index (Phi) is 3.93. The molecule has 0 amide bonds. The van der Waals surface area contributed by atoms with Crippen LogP contribution in [0.4, 0.5) is 17.1 Å². The van der Waals surface area contributed by atoms with E-state index in [4.69, 9.17) is 5.73 Å². The molecule has 0 atom stereocenters. The molecule has 0 heterocycles. The van der Waals surface area contributed by atoms with E-state index in [1.807, 2.05) is 30.3 Å². The van der Waals surface area contributed by atoms with Crippen molar-refractivity contribution in [2.75, 3.05) is 11.1 Å². The summed E-state index contributed by atoms with van der Waals surface area (Å²) in [6, 6.07) is 12.1. The van der Waals surface area contributed by atoms with Crippen LogP contribution in [0.15, 0.2) is 40.9 Å². The van der Waals surface area contributed by atoms with E-state index in [1.54, 1.807) is 0 Å². The van der Waals surface area contributed by atoms with Crippen molar-refractivity contribution in [1.82, 2.24) is 0 Å². The van der Waals surface area contributed by atoms with Crippen molar-refractivity contribution in [2.24, 2.45) is 0 Å². The Hall–Kier alpha value is -0.750. The monoisotopic (exact) mass is 402 g/mol. The Labute approximate surface area is 123 Å². The van der Waals surface area contributed by atoms with E-state index in [2.05, 4.69) is 56.8 Å². The van der Waals surface area contributed by atoms with E-state index in [-0.39, 0.29) is 0 Å². The van der Waals surface area contributed by atoms with Crippen LogP contribution in [0.25, 0.3) is 0 Å². The van der Waals surface area contributed by atoms with E-state index >= 15 is 0 Å². The molecule has 0 aliphatic heterocycles. The highest BCUT2D eigenvalue weighted by atomic mass is 127. The van der Waals surface area contributed by atoms with Crippen LogP contribution < -0.4 is 11.1 Å². The largest absolute Gasteiger partial charge is 0.397 e. The number of nitrogen functional groups attached to an aromatic ring is 1. The van der Waals surface area contributed by atoms with Crippen molar-refractivity contribution >= 4 is 55.6 Å². The molecular weight excluding hydrogens is 391 g/mol. The molecule has 4 heteroatoms. The molecule has 0 fully saturated rings. The van der Waals surface area contributed by atoms with Crippen LogP contribution in [0, 0.1) is 10.5 Å². The molecule has 0 radical (unpaired) electrons. The molecule has 0 aromatic heterocycles. The number of halogens is 2. The fourth-order valence-corrected chi connectivity index (χ4v) is 2.37. The van der Waals surface area contributed by atoms with Gasteiger partial charge in [0.1, 0.15) is 0 Å². The summed E-state index contributed by atoms with van der Waals surface area (Å²) in [6.45, 7) is 2.06. The summed E-state index contributed by atoms with van der Waals surface area (Å²) in [5.41, 5.74) is 9.89. The van der Waals surface area contributed by atoms with Gasteiger partial charge in [-0.05, 0) is 65.4 Å². The van der Waals surface area contributed by atoms with E-state index < -0.39 is 0 Å². The van der Waals surface area contributed by atoms with Gasteiger partial charge in [-0.1, -0.05) is 22.0 Å². The molecule has 17 heavy (non-hydrogen) atoms. The molecule has 0 aliphatic rings. The van der Waals surface area contributed by atoms with Gasteiger partial charge in [0.05, 0.1) is 11.4 Å². The summed E-state index contributed by atoms with van der Waals surface area (Å²) in [4.78, 5) is 0. The first-order valence-electron chi connectivity index (χ1n) is 5.14. The van der Waals surface area contributed by atoms with Crippen molar-refractivity contribution in [2.45, 2.75) is 6.92 Å². The number of benzene rings is 2. The lowest BCUT2D eigenvalue weighted by atomic mass is 10.2. The standard InChI is InChI=1S/C13H12BrIN2/c1-8-2-4-10(7-11(8)14)17-13-5-3-9(15)6-12(13)16/h2-7,17H,16H2,1H3. The molecule has 3 N–H and O–H groups in total. The van der Waals surface area contributed by atoms with Crippen LogP contribution in [0.1, 0.15) is 5.56 Å². The first kappa shape index (κ1) is 12.7. The number of hydrogen-bond donors (Lipinski definition) is 2. The maximum Gasteiger partial charge on any atom is 0.0618 e. The lowest BCUT2D eigenvalue weighted by molar-refractivity contribution is 1.42. The normalized spacial score (nSPS) is 10.3. The Morgan fingerprint density at radius 1 is 1.18 bits per heavy atom. The number of anilines is 3. The average molecular weight is 403 g/mol. The fraction of sp³-hybridized carbons (Fsp3) is 0.0769. The molecule has 2 aromatic carbocycles. The van der Waals surface area contributed by atoms with Crippen LogP contribution >= 0.6 is 38.5 Å². The van der Waals surface area contributed by atoms with Gasteiger partial charge in [-0.3, -0.25) is 0 Å². The Bertz CT molecular complexity index is 555. The Morgan fingerprint density at radius 3 is 2.59 bits per heavy atom. The highest BCUT2D eigenvalue weighted by molar-refractivity contribution is 14.1. The summed E-state index contributed by atoms with van der Waals surface area (Å²) in [5.74, 6) is 0. The minimum absolute atomic E-state index is 0.758. The second-order valence-electron chi connectivity index (χ2n) is 3.82. The van der Waals surface area contributed by atoms with Gasteiger partial charge in [0.2, 0.25) is 0 Å². The van der Waals surface area contributed by atoms with Crippen molar-refractivity contribution in [1.29, 1.82) is 0 Å². The number of rotatable bonds is 2. The fourth-order valence-electron chi connectivity index (χ4n) is 1.47. The molecule has 88 valence electrons. The molecule has 2 aromatic rings. The van der Waals surface area contributed by atoms with Gasteiger partial charge in [0, 0.05) is 13.7 Å². The van der Waals surface area contributed by atoms with E-state index in [9.17, 15) is 0 Å². The van der Waals surface area contributed by atoms with Crippen molar-refractivity contribution in [3.05, 3.63) is 50.0 Å². The van der Waals surface area contributed by atoms with E-state index in [0.717, 1.165) is 25.1 Å². The quantitative estimate of drug-likeness (QED) is 0.565. The van der Waals surface area contributed by atoms with Gasteiger partial charge < -0.3 is 11.1 Å². The van der Waals surface area contributed by atoms with Crippen LogP contribution in [0.5, 0.6) is 0 Å². The topological polar surface area (TPSA) is 38.0 Å². The van der Waals surface area contributed by atoms with Crippen molar-refractivity contribution < 1.29 is 0 Å². The second kappa shape index (κ2) is 5.27. The van der Waals surface area contributed by atoms with Gasteiger partial charge in [-0.25, -0.2) is 0 Å². The highest BCUT2D eigenvalue weighted by Gasteiger charge is 2.02. The van der Waals surface area contributed by atoms with Crippen LogP contribution in [-0.4, -0.2) is 0 Å². The predicted molar refractivity (Wildman–Crippen MR) is 85.7 cm³/mol. The van der Waals surface area contributed by atoms with Gasteiger partial charge >= 0.3 is 0 Å². The smallest absolute Gasteiger partial charge is 0.0618 e. The number of nitrogens with two attached hydrogens (primary N) is 1. The third-order valence-corrected chi connectivity index (χ3v) is 3.99. The summed E-state index contributed by atoms with van der Waals surface area (Å²) in [7, 11) is 0. The molecule has 2 nitrogen and oxygen atoms in total. The van der Waals surface area contributed by atoms with Gasteiger partial charge in [-0.15, -0.1) is 0 Å². The Morgan fingerprint density at radius 2 is 1.94 bits per heavy atom. The van der Waals surface area contributed by atoms with Crippen molar-refractivity contribution in [3.63, 3.8) is 0 Å². The first-order valence-corrected chi connectivity index (χ1v) is 7.01. The zero-order valence-corrected chi connectivity index (χ0v) is 13.0. The maximum atomic E-state index is 5.96. The SMILES string of the molecule is Cc1ccc(Nc2ccc(I)cc2N)cc1Br. The third-order valence-electron chi connectivity index (χ3n) is 2.46. The molecule has 0 aliphatic carbocycles. The maximum absolute atomic E-state index is 5.96. The third kappa shape index (κ3) is 3.13. The van der Waals surface area contributed by atoms with Crippen LogP contribution in [0.2, 0.25) is 0 Å². The number of aryl methyl sites for hydroxylation is 1. The van der Waals surface area contributed by atoms with Gasteiger partial charge in [0.15, 0.2) is 0 Å². The molecule has 0 unspecified atom stereocenters. The number of hydrogen-bond acceptors (Lipinski definition) is 2. The second-order valence-corrected chi connectivity index (χ2v) is 5.92. The Balaban J connectivity index is 2.28. The average Bonchev–Trinajstić information content (AvgIpc) is 2.27. The molecule has 2 rings (SSSR count). The van der Waals surface area contributed by atoms with Gasteiger partial charge in [0.25, 0.3) is 0 Å². The lowest BCUT2D eigenvalue weighted by Gasteiger charge is -2.10. The van der Waals surface area contributed by atoms with E-state index in [0.29, 0.717) is 0 Å². The summed E-state index contributed by atoms with van der Waals surface area (Å²) >= 11 is 5.76. The first-order chi connectivity index (χ1) is 8.06. The zero-order chi connectivity index (χ0) is 12.4. The predicted octanol–water partition coefficient (Wildman–Crippen LogP) is 4.69. The minimum atomic E-state index is 0.758. The minimum Gasteiger partial charge on any atom is -0.397 e. The summed E-state index contributed by atoms with van der Waals surface area (Å²) < 4.78 is 2.22. The summed E-state index contributed by atoms with van der Waals surface area (Å²) in [5, 5.41) is 3.31. The molecular formula is C13H12BrIN2. The zero-order valence-electron chi connectivity index (χ0n) is 9.30. The van der Waals surface area contributed by atoms with Crippen LogP contribution in [-0.2, 0) is 0 Å². The molecule has 0 spiro atoms. The van der Waals surface area contributed by atoms with Crippen molar-refractivity contribution in [3.8, 4) is 0 Å². The summed E-state index contributed by atoms with van der Waals surface area (Å²) in [6.07, 6.45) is 0. The number of nitrogens with one attached hydrogen (secondary N) is 1. The highest BCUT2D eigenvalue weighted by Crippen LogP contribution is 2.27.